The van der Waals surface area contributed by atoms with Crippen molar-refractivity contribution in [3.63, 3.8) is 0 Å². The molecule has 0 heterocycles. The minimum absolute atomic E-state index is 0. The number of hydrogen-bond acceptors (Lipinski definition) is 1. The summed E-state index contributed by atoms with van der Waals surface area (Å²) in [5, 5.41) is 0. The van der Waals surface area contributed by atoms with E-state index >= 15 is 0 Å². The summed E-state index contributed by atoms with van der Waals surface area (Å²) in [7, 11) is 0. The Bertz CT molecular complexity index is 252. The third-order valence-corrected chi connectivity index (χ3v) is 1.90. The minimum atomic E-state index is -1.84. The van der Waals surface area contributed by atoms with Crippen molar-refractivity contribution in [3.8, 4) is 0 Å². The van der Waals surface area contributed by atoms with Gasteiger partial charge in [0.15, 0.2) is 11.1 Å². The quantitative estimate of drug-likeness (QED) is 0.413. The van der Waals surface area contributed by atoms with Gasteiger partial charge in [-0.15, -0.1) is 0 Å². The summed E-state index contributed by atoms with van der Waals surface area (Å²) in [4.78, 5) is 0.450. The second kappa shape index (κ2) is 6.77. The Morgan fingerprint density at radius 2 is 1.75 bits per heavy atom. The standard InChI is InChI=1S/C7H8O2S.Na.H2O.H/c1-6-2-4-7(5-3-6)10(8)9;;;/h2-5H,1H3,(H,8,9);;1H2;/q;+1;;-1. The average Bonchev–Trinajstić information content (AvgIpc) is 1.88. The van der Waals surface area contributed by atoms with Crippen molar-refractivity contribution in [2.45, 2.75) is 11.8 Å². The van der Waals surface area contributed by atoms with E-state index < -0.39 is 11.1 Å². The van der Waals surface area contributed by atoms with E-state index in [-0.39, 0.29) is 36.5 Å². The van der Waals surface area contributed by atoms with Crippen LogP contribution in [0.4, 0.5) is 0 Å². The van der Waals surface area contributed by atoms with Crippen molar-refractivity contribution < 1.29 is 45.2 Å². The van der Waals surface area contributed by atoms with Crippen LogP contribution in [0.3, 0.4) is 0 Å². The second-order valence-corrected chi connectivity index (χ2v) is 3.03. The molecule has 0 aromatic heterocycles. The van der Waals surface area contributed by atoms with E-state index in [1.54, 1.807) is 12.1 Å². The molecule has 1 atom stereocenters. The molecule has 0 saturated carbocycles. The van der Waals surface area contributed by atoms with Crippen LogP contribution in [0.5, 0.6) is 0 Å². The molecule has 1 aromatic carbocycles. The summed E-state index contributed by atoms with van der Waals surface area (Å²) in [6, 6.07) is 6.91. The smallest absolute Gasteiger partial charge is 1.00 e. The Hall–Kier alpha value is 0.290. The van der Waals surface area contributed by atoms with Gasteiger partial charge < -0.3 is 11.5 Å². The predicted octanol–water partition coefficient (Wildman–Crippen LogP) is -2.13. The van der Waals surface area contributed by atoms with Crippen LogP contribution in [-0.4, -0.2) is 14.2 Å². The van der Waals surface area contributed by atoms with Gasteiger partial charge in [-0.25, -0.2) is 4.21 Å². The van der Waals surface area contributed by atoms with Crippen molar-refractivity contribution >= 4 is 11.1 Å². The molecule has 0 aliphatic heterocycles. The van der Waals surface area contributed by atoms with Crippen LogP contribution >= 0.6 is 0 Å². The molecule has 1 rings (SSSR count). The Kier molecular flexibility index (Phi) is 8.34. The van der Waals surface area contributed by atoms with E-state index in [4.69, 9.17) is 4.55 Å². The normalized spacial score (nSPS) is 10.8. The molecule has 0 bridgehead atoms. The molecule has 12 heavy (non-hydrogen) atoms. The molecule has 0 aliphatic carbocycles. The summed E-state index contributed by atoms with van der Waals surface area (Å²) in [6.45, 7) is 1.93. The molecular formula is C7H11NaO3S. The van der Waals surface area contributed by atoms with Gasteiger partial charge in [0.1, 0.15) is 0 Å². The van der Waals surface area contributed by atoms with Crippen LogP contribution in [0.2, 0.25) is 0 Å². The van der Waals surface area contributed by atoms with Crippen molar-refractivity contribution in [1.29, 1.82) is 0 Å². The van der Waals surface area contributed by atoms with Crippen LogP contribution < -0.4 is 29.6 Å². The Balaban J connectivity index is -0.000000333. The molecule has 1 aromatic rings. The predicted molar refractivity (Wildman–Crippen MR) is 44.9 cm³/mol. The van der Waals surface area contributed by atoms with Crippen molar-refractivity contribution in [2.24, 2.45) is 0 Å². The minimum Gasteiger partial charge on any atom is -1.00 e. The van der Waals surface area contributed by atoms with Crippen LogP contribution in [0.1, 0.15) is 6.99 Å². The van der Waals surface area contributed by atoms with Gasteiger partial charge in [-0.2, -0.15) is 0 Å². The second-order valence-electron chi connectivity index (χ2n) is 2.06. The van der Waals surface area contributed by atoms with E-state index in [9.17, 15) is 4.21 Å². The van der Waals surface area contributed by atoms with Gasteiger partial charge in [-0.1, -0.05) is 17.7 Å². The summed E-state index contributed by atoms with van der Waals surface area (Å²) < 4.78 is 19.0. The maximum Gasteiger partial charge on any atom is 1.00 e. The third-order valence-electron chi connectivity index (χ3n) is 1.22. The monoisotopic (exact) mass is 198 g/mol. The van der Waals surface area contributed by atoms with Crippen molar-refractivity contribution in [1.82, 2.24) is 0 Å². The number of rotatable bonds is 1. The molecule has 0 aliphatic rings. The first-order valence-corrected chi connectivity index (χ1v) is 3.98. The fourth-order valence-electron chi connectivity index (χ4n) is 0.655. The first kappa shape index (κ1) is 14.8. The zero-order chi connectivity index (χ0) is 7.56. The van der Waals surface area contributed by atoms with Gasteiger partial charge in [-0.3, -0.25) is 0 Å². The maximum absolute atomic E-state index is 10.4. The first-order valence-electron chi connectivity index (χ1n) is 2.87. The molecule has 0 spiro atoms. The molecule has 64 valence electrons. The average molecular weight is 198 g/mol. The third kappa shape index (κ3) is 4.35. The number of aryl methyl sites for hydroxylation is 1. The van der Waals surface area contributed by atoms with Gasteiger partial charge in [0, 0.05) is 0 Å². The number of hydrogen-bond donors (Lipinski definition) is 1. The summed E-state index contributed by atoms with van der Waals surface area (Å²) in [5.74, 6) is 0. The Morgan fingerprint density at radius 3 is 2.08 bits per heavy atom. The van der Waals surface area contributed by atoms with Crippen molar-refractivity contribution in [3.05, 3.63) is 29.8 Å². The molecular weight excluding hydrogens is 187 g/mol. The van der Waals surface area contributed by atoms with Gasteiger partial charge in [-0.05, 0) is 19.1 Å². The van der Waals surface area contributed by atoms with Gasteiger partial charge >= 0.3 is 29.6 Å². The summed E-state index contributed by atoms with van der Waals surface area (Å²) in [6.07, 6.45) is 0. The topological polar surface area (TPSA) is 68.8 Å². The van der Waals surface area contributed by atoms with Crippen molar-refractivity contribution in [2.75, 3.05) is 0 Å². The summed E-state index contributed by atoms with van der Waals surface area (Å²) in [5.41, 5.74) is 1.09. The molecule has 5 heteroatoms. The van der Waals surface area contributed by atoms with Gasteiger partial charge in [0.05, 0.1) is 4.90 Å². The largest absolute Gasteiger partial charge is 1.00 e. The number of benzene rings is 1. The zero-order valence-electron chi connectivity index (χ0n) is 8.07. The van der Waals surface area contributed by atoms with Crippen LogP contribution in [-0.2, 0) is 11.1 Å². The van der Waals surface area contributed by atoms with E-state index in [1.165, 1.54) is 0 Å². The SMILES string of the molecule is Cc1ccc(S(=O)O)cc1.O.[H-].[Na+]. The molecule has 0 fully saturated rings. The Morgan fingerprint density at radius 1 is 1.33 bits per heavy atom. The molecule has 3 nitrogen and oxygen atoms in total. The zero-order valence-corrected chi connectivity index (χ0v) is 9.89. The molecule has 0 amide bonds. The van der Waals surface area contributed by atoms with E-state index in [0.717, 1.165) is 5.56 Å². The first-order chi connectivity index (χ1) is 4.70. The van der Waals surface area contributed by atoms with Gasteiger partial charge in [0.25, 0.3) is 0 Å². The molecule has 3 N–H and O–H groups in total. The molecule has 0 radical (unpaired) electrons. The molecule has 0 saturated heterocycles. The molecule has 1 unspecified atom stereocenters. The fraction of sp³-hybridized carbons (Fsp3) is 0.143. The summed E-state index contributed by atoms with van der Waals surface area (Å²) >= 11 is -1.84. The van der Waals surface area contributed by atoms with Crippen LogP contribution in [0.25, 0.3) is 0 Å². The maximum atomic E-state index is 10.4. The fourth-order valence-corrected chi connectivity index (χ4v) is 1.02. The van der Waals surface area contributed by atoms with E-state index in [0.29, 0.717) is 4.90 Å². The van der Waals surface area contributed by atoms with Gasteiger partial charge in [0.2, 0.25) is 0 Å². The van der Waals surface area contributed by atoms with Crippen LogP contribution in [0, 0.1) is 6.92 Å². The van der Waals surface area contributed by atoms with Crippen LogP contribution in [0.15, 0.2) is 29.2 Å². The van der Waals surface area contributed by atoms with E-state index in [1.807, 2.05) is 19.1 Å². The van der Waals surface area contributed by atoms with E-state index in [2.05, 4.69) is 0 Å². The Labute approximate surface area is 97.6 Å².